The van der Waals surface area contributed by atoms with Gasteiger partial charge in [-0.3, -0.25) is 14.9 Å². The maximum atomic E-state index is 12.0. The van der Waals surface area contributed by atoms with Crippen LogP contribution in [0.25, 0.3) is 0 Å². The maximum absolute atomic E-state index is 12.0. The zero-order valence-corrected chi connectivity index (χ0v) is 13.5. The van der Waals surface area contributed by atoms with E-state index in [1.54, 1.807) is 31.2 Å². The molecule has 0 bridgehead atoms. The minimum atomic E-state index is -0.496. The van der Waals surface area contributed by atoms with Crippen LogP contribution in [0.2, 0.25) is 5.02 Å². The number of amides is 1. The first kappa shape index (κ1) is 16.8. The van der Waals surface area contributed by atoms with Gasteiger partial charge in [0.2, 0.25) is 5.91 Å². The van der Waals surface area contributed by atoms with Gasteiger partial charge in [-0.15, -0.1) is 0 Å². The third-order valence-electron chi connectivity index (χ3n) is 3.33. The summed E-state index contributed by atoms with van der Waals surface area (Å²) in [6, 6.07) is 9.68. The SMILES string of the molecule is Cc1cc(Cl)ccc1NCC(=O)Nc1cc([N+](=O)[O-])ccc1C. The Balaban J connectivity index is 2.02. The Kier molecular flexibility index (Phi) is 5.18. The monoisotopic (exact) mass is 333 g/mol. The Morgan fingerprint density at radius 3 is 2.52 bits per heavy atom. The van der Waals surface area contributed by atoms with Crippen molar-refractivity contribution in [2.75, 3.05) is 17.2 Å². The Hall–Kier alpha value is -2.60. The Labute approximate surface area is 138 Å². The predicted octanol–water partition coefficient (Wildman–Crippen LogP) is 3.92. The van der Waals surface area contributed by atoms with Crippen molar-refractivity contribution in [3.05, 3.63) is 62.7 Å². The molecule has 7 heteroatoms. The summed E-state index contributed by atoms with van der Waals surface area (Å²) in [5, 5.41) is 17.1. The second kappa shape index (κ2) is 7.11. The Morgan fingerprint density at radius 1 is 1.13 bits per heavy atom. The van der Waals surface area contributed by atoms with Gasteiger partial charge in [-0.2, -0.15) is 0 Å². The van der Waals surface area contributed by atoms with Crippen molar-refractivity contribution in [1.82, 2.24) is 0 Å². The summed E-state index contributed by atoms with van der Waals surface area (Å²) in [5.41, 5.74) is 2.86. The molecule has 1 amide bonds. The van der Waals surface area contributed by atoms with E-state index in [9.17, 15) is 14.9 Å². The summed E-state index contributed by atoms with van der Waals surface area (Å²) < 4.78 is 0. The van der Waals surface area contributed by atoms with Crippen LogP contribution in [0, 0.1) is 24.0 Å². The van der Waals surface area contributed by atoms with Crippen LogP contribution >= 0.6 is 11.6 Å². The lowest BCUT2D eigenvalue weighted by Gasteiger charge is -2.11. The second-order valence-electron chi connectivity index (χ2n) is 5.12. The lowest BCUT2D eigenvalue weighted by Crippen LogP contribution is -2.22. The van der Waals surface area contributed by atoms with Gasteiger partial charge in [0.05, 0.1) is 17.2 Å². The number of anilines is 2. The number of rotatable bonds is 5. The number of hydrogen-bond acceptors (Lipinski definition) is 4. The van der Waals surface area contributed by atoms with Crippen LogP contribution in [0.5, 0.6) is 0 Å². The highest BCUT2D eigenvalue weighted by Gasteiger charge is 2.11. The van der Waals surface area contributed by atoms with Gasteiger partial charge in [0.15, 0.2) is 0 Å². The van der Waals surface area contributed by atoms with Gasteiger partial charge in [-0.1, -0.05) is 17.7 Å². The molecule has 0 aromatic heterocycles. The number of non-ortho nitro benzene ring substituents is 1. The van der Waals surface area contributed by atoms with Crippen LogP contribution in [0.4, 0.5) is 17.1 Å². The van der Waals surface area contributed by atoms with E-state index in [1.807, 2.05) is 6.92 Å². The molecule has 0 aliphatic heterocycles. The van der Waals surface area contributed by atoms with E-state index in [-0.39, 0.29) is 18.1 Å². The van der Waals surface area contributed by atoms with Crippen LogP contribution in [0.3, 0.4) is 0 Å². The summed E-state index contributed by atoms with van der Waals surface area (Å²) in [6.45, 7) is 3.71. The average Bonchev–Trinajstić information content (AvgIpc) is 2.48. The number of nitrogens with one attached hydrogen (secondary N) is 2. The minimum Gasteiger partial charge on any atom is -0.376 e. The van der Waals surface area contributed by atoms with Crippen LogP contribution in [-0.4, -0.2) is 17.4 Å². The van der Waals surface area contributed by atoms with Gasteiger partial charge < -0.3 is 10.6 Å². The summed E-state index contributed by atoms with van der Waals surface area (Å²) in [4.78, 5) is 22.3. The Morgan fingerprint density at radius 2 is 1.87 bits per heavy atom. The van der Waals surface area contributed by atoms with E-state index in [0.717, 1.165) is 16.8 Å². The van der Waals surface area contributed by atoms with Crippen LogP contribution in [-0.2, 0) is 4.79 Å². The summed E-state index contributed by atoms with van der Waals surface area (Å²) in [6.07, 6.45) is 0. The van der Waals surface area contributed by atoms with Crippen molar-refractivity contribution in [2.24, 2.45) is 0 Å². The number of nitro benzene ring substituents is 1. The summed E-state index contributed by atoms with van der Waals surface area (Å²) >= 11 is 5.88. The number of halogens is 1. The molecule has 120 valence electrons. The first-order valence-corrected chi connectivity index (χ1v) is 7.29. The molecule has 0 heterocycles. The molecule has 2 rings (SSSR count). The summed E-state index contributed by atoms with van der Waals surface area (Å²) in [5.74, 6) is -0.289. The molecule has 2 N–H and O–H groups in total. The molecule has 2 aromatic carbocycles. The molecule has 0 spiro atoms. The zero-order valence-electron chi connectivity index (χ0n) is 12.7. The average molecular weight is 334 g/mol. The molecule has 23 heavy (non-hydrogen) atoms. The van der Waals surface area contributed by atoms with Crippen molar-refractivity contribution in [1.29, 1.82) is 0 Å². The summed E-state index contributed by atoms with van der Waals surface area (Å²) in [7, 11) is 0. The van der Waals surface area contributed by atoms with Crippen molar-refractivity contribution in [2.45, 2.75) is 13.8 Å². The van der Waals surface area contributed by atoms with Crippen molar-refractivity contribution in [3.63, 3.8) is 0 Å². The number of aryl methyl sites for hydroxylation is 2. The van der Waals surface area contributed by atoms with Crippen LogP contribution in [0.15, 0.2) is 36.4 Å². The lowest BCUT2D eigenvalue weighted by molar-refractivity contribution is -0.384. The van der Waals surface area contributed by atoms with E-state index in [4.69, 9.17) is 11.6 Å². The molecule has 0 atom stereocenters. The van der Waals surface area contributed by atoms with E-state index in [2.05, 4.69) is 10.6 Å². The molecular weight excluding hydrogens is 318 g/mol. The quantitative estimate of drug-likeness (QED) is 0.641. The van der Waals surface area contributed by atoms with E-state index >= 15 is 0 Å². The highest BCUT2D eigenvalue weighted by atomic mass is 35.5. The predicted molar refractivity (Wildman–Crippen MR) is 91.1 cm³/mol. The number of nitro groups is 1. The highest BCUT2D eigenvalue weighted by Crippen LogP contribution is 2.22. The highest BCUT2D eigenvalue weighted by molar-refractivity contribution is 6.30. The fraction of sp³-hybridized carbons (Fsp3) is 0.188. The molecule has 6 nitrogen and oxygen atoms in total. The van der Waals surface area contributed by atoms with E-state index in [0.29, 0.717) is 10.7 Å². The lowest BCUT2D eigenvalue weighted by atomic mass is 10.2. The molecular formula is C16H16ClN3O3. The van der Waals surface area contributed by atoms with Gasteiger partial charge in [0, 0.05) is 22.8 Å². The zero-order chi connectivity index (χ0) is 17.0. The van der Waals surface area contributed by atoms with Crippen LogP contribution < -0.4 is 10.6 Å². The molecule has 0 saturated carbocycles. The maximum Gasteiger partial charge on any atom is 0.271 e. The molecule has 0 aliphatic rings. The third kappa shape index (κ3) is 4.43. The number of nitrogens with zero attached hydrogens (tertiary/aromatic N) is 1. The Bertz CT molecular complexity index is 762. The fourth-order valence-electron chi connectivity index (χ4n) is 2.05. The first-order valence-electron chi connectivity index (χ1n) is 6.92. The van der Waals surface area contributed by atoms with E-state index in [1.165, 1.54) is 12.1 Å². The number of carbonyl (C=O) groups excluding carboxylic acids is 1. The molecule has 0 aliphatic carbocycles. The van der Waals surface area contributed by atoms with Gasteiger partial charge in [0.25, 0.3) is 5.69 Å². The number of benzene rings is 2. The minimum absolute atomic E-state index is 0.0462. The molecule has 0 radical (unpaired) electrons. The molecule has 0 saturated heterocycles. The van der Waals surface area contributed by atoms with E-state index < -0.39 is 4.92 Å². The normalized spacial score (nSPS) is 10.2. The standard InChI is InChI=1S/C16H16ClN3O3/c1-10-3-5-13(20(22)23)8-15(10)19-16(21)9-18-14-6-4-12(17)7-11(14)2/h3-8,18H,9H2,1-2H3,(H,19,21). The number of carbonyl (C=O) groups is 1. The third-order valence-corrected chi connectivity index (χ3v) is 3.57. The molecule has 2 aromatic rings. The van der Waals surface area contributed by atoms with Crippen molar-refractivity contribution < 1.29 is 9.72 Å². The van der Waals surface area contributed by atoms with Crippen molar-refractivity contribution >= 4 is 34.6 Å². The largest absolute Gasteiger partial charge is 0.376 e. The van der Waals surface area contributed by atoms with Crippen molar-refractivity contribution in [3.8, 4) is 0 Å². The molecule has 0 fully saturated rings. The second-order valence-corrected chi connectivity index (χ2v) is 5.55. The fourth-order valence-corrected chi connectivity index (χ4v) is 2.28. The van der Waals surface area contributed by atoms with Gasteiger partial charge in [-0.05, 0) is 43.2 Å². The molecule has 0 unspecified atom stereocenters. The van der Waals surface area contributed by atoms with Gasteiger partial charge in [0.1, 0.15) is 0 Å². The van der Waals surface area contributed by atoms with Gasteiger partial charge >= 0.3 is 0 Å². The van der Waals surface area contributed by atoms with Crippen LogP contribution in [0.1, 0.15) is 11.1 Å². The first-order chi connectivity index (χ1) is 10.9. The van der Waals surface area contributed by atoms with Gasteiger partial charge in [-0.25, -0.2) is 0 Å². The number of hydrogen-bond donors (Lipinski definition) is 2. The topological polar surface area (TPSA) is 84.3 Å². The smallest absolute Gasteiger partial charge is 0.271 e.